The molecule has 8 rings (SSSR count). The van der Waals surface area contributed by atoms with E-state index in [4.69, 9.17) is 4.42 Å². The van der Waals surface area contributed by atoms with E-state index in [0.29, 0.717) is 0 Å². The highest BCUT2D eigenvalue weighted by atomic mass is 16.3. The molecule has 0 aliphatic carbocycles. The van der Waals surface area contributed by atoms with Crippen LogP contribution in [-0.4, -0.2) is 0 Å². The van der Waals surface area contributed by atoms with Crippen molar-refractivity contribution in [3.8, 4) is 33.4 Å². The highest BCUT2D eigenvalue weighted by Crippen LogP contribution is 2.44. The van der Waals surface area contributed by atoms with Gasteiger partial charge in [0, 0.05) is 10.8 Å². The van der Waals surface area contributed by atoms with Gasteiger partial charge in [-0.3, -0.25) is 0 Å². The molecule has 0 amide bonds. The van der Waals surface area contributed by atoms with Crippen LogP contribution in [0.1, 0.15) is 25.3 Å². The Bertz CT molecular complexity index is 2200. The number of unbranched alkanes of at least 4 members (excludes halogenated alkanes) is 1. The van der Waals surface area contributed by atoms with E-state index in [1.54, 1.807) is 0 Å². The third-order valence-electron chi connectivity index (χ3n) is 8.86. The fraction of sp³-hybridized carbons (Fsp3) is 0.0952. The van der Waals surface area contributed by atoms with Crippen LogP contribution < -0.4 is 0 Å². The van der Waals surface area contributed by atoms with E-state index in [0.717, 1.165) is 28.4 Å². The largest absolute Gasteiger partial charge is 0.456 e. The molecule has 0 bridgehead atoms. The monoisotopic (exact) mass is 552 g/mol. The van der Waals surface area contributed by atoms with Crippen molar-refractivity contribution >= 4 is 43.5 Å². The van der Waals surface area contributed by atoms with Crippen molar-refractivity contribution < 1.29 is 4.42 Å². The van der Waals surface area contributed by atoms with Crippen molar-refractivity contribution in [2.24, 2.45) is 0 Å². The lowest BCUT2D eigenvalue weighted by Gasteiger charge is -2.17. The molecule has 0 saturated heterocycles. The van der Waals surface area contributed by atoms with Crippen LogP contribution >= 0.6 is 0 Å². The second-order valence-electron chi connectivity index (χ2n) is 11.5. The summed E-state index contributed by atoms with van der Waals surface area (Å²) >= 11 is 0. The Morgan fingerprint density at radius 2 is 1.00 bits per heavy atom. The molecule has 0 aliphatic rings. The summed E-state index contributed by atoms with van der Waals surface area (Å²) in [4.78, 5) is 0. The molecular weight excluding hydrogens is 520 g/mol. The van der Waals surface area contributed by atoms with Crippen molar-refractivity contribution in [3.05, 3.63) is 145 Å². The Hall–Kier alpha value is -5.14. The molecule has 0 spiro atoms. The maximum atomic E-state index is 6.43. The SMILES string of the molecule is CCCCc1ccc(-c2ccc3c(c2)oc2ccc(-c4c5ccccc5c(-c5ccccc5)c5ccccc45)cc23)cc1. The topological polar surface area (TPSA) is 13.1 Å². The Morgan fingerprint density at radius 3 is 1.65 bits per heavy atom. The fourth-order valence-corrected chi connectivity index (χ4v) is 6.71. The third-order valence-corrected chi connectivity index (χ3v) is 8.86. The van der Waals surface area contributed by atoms with Gasteiger partial charge in [0.15, 0.2) is 0 Å². The molecule has 1 heterocycles. The molecule has 0 unspecified atom stereocenters. The Labute approximate surface area is 252 Å². The average Bonchev–Trinajstić information content (AvgIpc) is 3.44. The Balaban J connectivity index is 1.29. The second-order valence-corrected chi connectivity index (χ2v) is 11.5. The van der Waals surface area contributed by atoms with Gasteiger partial charge >= 0.3 is 0 Å². The second kappa shape index (κ2) is 10.6. The summed E-state index contributed by atoms with van der Waals surface area (Å²) in [6.07, 6.45) is 3.59. The van der Waals surface area contributed by atoms with E-state index in [1.165, 1.54) is 73.3 Å². The summed E-state index contributed by atoms with van der Waals surface area (Å²) in [5, 5.41) is 7.35. The highest BCUT2D eigenvalue weighted by Gasteiger charge is 2.17. The van der Waals surface area contributed by atoms with Crippen molar-refractivity contribution in [1.29, 1.82) is 0 Å². The van der Waals surface area contributed by atoms with Crippen LogP contribution in [0.3, 0.4) is 0 Å². The van der Waals surface area contributed by atoms with Gasteiger partial charge in [0.25, 0.3) is 0 Å². The third kappa shape index (κ3) is 4.40. The van der Waals surface area contributed by atoms with Gasteiger partial charge < -0.3 is 4.42 Å². The minimum atomic E-state index is 0.917. The van der Waals surface area contributed by atoms with Gasteiger partial charge in [0.05, 0.1) is 0 Å². The average molecular weight is 553 g/mol. The van der Waals surface area contributed by atoms with Crippen LogP contribution in [0.4, 0.5) is 0 Å². The highest BCUT2D eigenvalue weighted by molar-refractivity contribution is 6.22. The van der Waals surface area contributed by atoms with Gasteiger partial charge in [-0.1, -0.05) is 129 Å². The number of hydrogen-bond acceptors (Lipinski definition) is 1. The first-order chi connectivity index (χ1) is 21.3. The predicted octanol–water partition coefficient (Wildman–Crippen LogP) is 12.2. The van der Waals surface area contributed by atoms with Gasteiger partial charge in [-0.25, -0.2) is 0 Å². The van der Waals surface area contributed by atoms with Gasteiger partial charge in [0.2, 0.25) is 0 Å². The first-order valence-corrected chi connectivity index (χ1v) is 15.3. The van der Waals surface area contributed by atoms with Crippen molar-refractivity contribution in [2.45, 2.75) is 26.2 Å². The van der Waals surface area contributed by atoms with E-state index in [-0.39, 0.29) is 0 Å². The van der Waals surface area contributed by atoms with Crippen molar-refractivity contribution in [1.82, 2.24) is 0 Å². The summed E-state index contributed by atoms with van der Waals surface area (Å²) in [6.45, 7) is 2.24. The van der Waals surface area contributed by atoms with Gasteiger partial charge in [-0.2, -0.15) is 0 Å². The molecule has 0 saturated carbocycles. The van der Waals surface area contributed by atoms with Crippen molar-refractivity contribution in [3.63, 3.8) is 0 Å². The summed E-state index contributed by atoms with van der Waals surface area (Å²) in [5.74, 6) is 0. The lowest BCUT2D eigenvalue weighted by molar-refractivity contribution is 0.669. The smallest absolute Gasteiger partial charge is 0.136 e. The standard InChI is InChI=1S/C42H32O/c1-2-3-11-28-18-20-29(21-19-28)31-22-24-33-38-26-32(23-25-39(38)43-40(33)27-31)42-36-16-9-7-14-34(36)41(30-12-5-4-6-13-30)35-15-8-10-17-37(35)42/h4-10,12-27H,2-3,11H2,1H3. The van der Waals surface area contributed by atoms with E-state index in [2.05, 4.69) is 146 Å². The molecule has 7 aromatic carbocycles. The van der Waals surface area contributed by atoms with E-state index in [1.807, 2.05) is 0 Å². The first kappa shape index (κ1) is 25.6. The number of fused-ring (bicyclic) bond motifs is 5. The number of benzene rings is 7. The minimum absolute atomic E-state index is 0.917. The zero-order valence-electron chi connectivity index (χ0n) is 24.3. The van der Waals surface area contributed by atoms with Crippen LogP contribution in [-0.2, 0) is 6.42 Å². The van der Waals surface area contributed by atoms with Gasteiger partial charge in [-0.05, 0) is 97.6 Å². The van der Waals surface area contributed by atoms with Crippen molar-refractivity contribution in [2.75, 3.05) is 0 Å². The lowest BCUT2D eigenvalue weighted by atomic mass is 9.86. The summed E-state index contributed by atoms with van der Waals surface area (Å²) in [6, 6.07) is 50.7. The number of aryl methyl sites for hydroxylation is 1. The molecule has 0 radical (unpaired) electrons. The normalized spacial score (nSPS) is 11.7. The maximum absolute atomic E-state index is 6.43. The molecule has 206 valence electrons. The number of furan rings is 1. The number of rotatable bonds is 6. The Kier molecular flexibility index (Phi) is 6.30. The molecule has 0 atom stereocenters. The zero-order chi connectivity index (χ0) is 28.8. The summed E-state index contributed by atoms with van der Waals surface area (Å²) in [5.41, 5.74) is 10.6. The maximum Gasteiger partial charge on any atom is 0.136 e. The Morgan fingerprint density at radius 1 is 0.419 bits per heavy atom. The van der Waals surface area contributed by atoms with Crippen LogP contribution in [0.2, 0.25) is 0 Å². The molecular formula is C42H32O. The summed E-state index contributed by atoms with van der Waals surface area (Å²) < 4.78 is 6.43. The van der Waals surface area contributed by atoms with Crippen LogP contribution in [0.15, 0.2) is 144 Å². The number of hydrogen-bond donors (Lipinski definition) is 0. The van der Waals surface area contributed by atoms with Crippen LogP contribution in [0.5, 0.6) is 0 Å². The molecule has 1 heteroatoms. The zero-order valence-corrected chi connectivity index (χ0v) is 24.3. The quantitative estimate of drug-likeness (QED) is 0.187. The molecule has 0 aliphatic heterocycles. The molecule has 8 aromatic rings. The minimum Gasteiger partial charge on any atom is -0.456 e. The van der Waals surface area contributed by atoms with E-state index >= 15 is 0 Å². The lowest BCUT2D eigenvalue weighted by Crippen LogP contribution is -1.90. The molecule has 0 fully saturated rings. The van der Waals surface area contributed by atoms with E-state index < -0.39 is 0 Å². The van der Waals surface area contributed by atoms with Gasteiger partial charge in [-0.15, -0.1) is 0 Å². The summed E-state index contributed by atoms with van der Waals surface area (Å²) in [7, 11) is 0. The molecule has 1 nitrogen and oxygen atoms in total. The predicted molar refractivity (Wildman–Crippen MR) is 184 cm³/mol. The van der Waals surface area contributed by atoms with Crippen LogP contribution in [0.25, 0.3) is 76.9 Å². The fourth-order valence-electron chi connectivity index (χ4n) is 6.71. The van der Waals surface area contributed by atoms with E-state index in [9.17, 15) is 0 Å². The molecule has 43 heavy (non-hydrogen) atoms. The molecule has 1 aromatic heterocycles. The van der Waals surface area contributed by atoms with Crippen LogP contribution in [0, 0.1) is 0 Å². The van der Waals surface area contributed by atoms with Gasteiger partial charge in [0.1, 0.15) is 11.2 Å². The molecule has 0 N–H and O–H groups in total. The first-order valence-electron chi connectivity index (χ1n) is 15.3.